The second-order valence-corrected chi connectivity index (χ2v) is 9.53. The number of hydrogen-bond donors (Lipinski definition) is 5. The van der Waals surface area contributed by atoms with Gasteiger partial charge >= 0.3 is 6.09 Å². The Kier molecular flexibility index (Phi) is 6.14. The van der Waals surface area contributed by atoms with Crippen molar-refractivity contribution in [3.63, 3.8) is 0 Å². The van der Waals surface area contributed by atoms with Crippen molar-refractivity contribution in [2.24, 2.45) is 0 Å². The SMILES string of the molecule is O=C(O)NC1CCN(c2nc(N[C@@H]3CCCNC3)c(-c3nc4ccccc4s3)c(=O)[nH]2)CC1. The Balaban J connectivity index is 1.48. The molecule has 2 aliphatic rings. The monoisotopic (exact) mass is 469 g/mol. The van der Waals surface area contributed by atoms with Gasteiger partial charge in [-0.1, -0.05) is 12.1 Å². The number of amides is 1. The van der Waals surface area contributed by atoms with Crippen molar-refractivity contribution in [1.29, 1.82) is 0 Å². The Bertz CT molecular complexity index is 1160. The normalized spacial score (nSPS) is 19.5. The number of nitrogens with zero attached hydrogens (tertiary/aromatic N) is 3. The summed E-state index contributed by atoms with van der Waals surface area (Å²) >= 11 is 1.48. The van der Waals surface area contributed by atoms with Crippen LogP contribution in [0, 0.1) is 0 Å². The third-order valence-electron chi connectivity index (χ3n) is 6.17. The molecule has 5 rings (SSSR count). The van der Waals surface area contributed by atoms with E-state index in [2.05, 4.69) is 20.9 Å². The van der Waals surface area contributed by atoms with Crippen LogP contribution in [0.25, 0.3) is 20.8 Å². The van der Waals surface area contributed by atoms with Crippen molar-refractivity contribution in [3.05, 3.63) is 34.6 Å². The Morgan fingerprint density at radius 3 is 2.70 bits per heavy atom. The van der Waals surface area contributed by atoms with E-state index in [1.54, 1.807) is 0 Å². The van der Waals surface area contributed by atoms with E-state index >= 15 is 0 Å². The second kappa shape index (κ2) is 9.36. The molecule has 0 saturated carbocycles. The molecular weight excluding hydrogens is 442 g/mol. The van der Waals surface area contributed by atoms with E-state index in [1.807, 2.05) is 29.2 Å². The first-order valence-electron chi connectivity index (χ1n) is 11.3. The van der Waals surface area contributed by atoms with E-state index in [0.717, 1.165) is 36.1 Å². The summed E-state index contributed by atoms with van der Waals surface area (Å²) in [5, 5.41) is 19.1. The van der Waals surface area contributed by atoms with Crippen LogP contribution in [0.3, 0.4) is 0 Å². The number of rotatable bonds is 5. The van der Waals surface area contributed by atoms with Crippen molar-refractivity contribution >= 4 is 39.4 Å². The maximum absolute atomic E-state index is 13.3. The zero-order valence-corrected chi connectivity index (χ0v) is 19.0. The van der Waals surface area contributed by atoms with Crippen molar-refractivity contribution in [3.8, 4) is 10.6 Å². The van der Waals surface area contributed by atoms with Gasteiger partial charge in [0.25, 0.3) is 5.56 Å². The maximum Gasteiger partial charge on any atom is 0.404 e. The molecule has 0 bridgehead atoms. The van der Waals surface area contributed by atoms with Gasteiger partial charge in [0.15, 0.2) is 0 Å². The van der Waals surface area contributed by atoms with Crippen molar-refractivity contribution in [2.75, 3.05) is 36.4 Å². The predicted molar refractivity (Wildman–Crippen MR) is 129 cm³/mol. The first-order valence-corrected chi connectivity index (χ1v) is 12.1. The fraction of sp³-hybridized carbons (Fsp3) is 0.455. The van der Waals surface area contributed by atoms with E-state index in [4.69, 9.17) is 15.1 Å². The maximum atomic E-state index is 13.3. The number of aromatic amines is 1. The number of benzene rings is 1. The number of hydrogen-bond acceptors (Lipinski definition) is 8. The molecule has 11 heteroatoms. The van der Waals surface area contributed by atoms with E-state index in [9.17, 15) is 9.59 Å². The van der Waals surface area contributed by atoms with Crippen molar-refractivity contribution in [1.82, 2.24) is 25.6 Å². The van der Waals surface area contributed by atoms with Crippen LogP contribution in [0.5, 0.6) is 0 Å². The average Bonchev–Trinajstić information content (AvgIpc) is 3.23. The molecule has 0 aliphatic carbocycles. The van der Waals surface area contributed by atoms with Gasteiger partial charge in [-0.25, -0.2) is 9.78 Å². The Labute approximate surface area is 194 Å². The smallest absolute Gasteiger partial charge is 0.404 e. The van der Waals surface area contributed by atoms with Crippen LogP contribution in [0.1, 0.15) is 25.7 Å². The molecule has 1 amide bonds. The van der Waals surface area contributed by atoms with Gasteiger partial charge < -0.3 is 26.0 Å². The Morgan fingerprint density at radius 2 is 1.97 bits per heavy atom. The number of thiazole rings is 1. The van der Waals surface area contributed by atoms with Gasteiger partial charge in [0.1, 0.15) is 16.4 Å². The Morgan fingerprint density at radius 1 is 1.15 bits per heavy atom. The third kappa shape index (κ3) is 4.79. The molecular formula is C22H27N7O3S. The first-order chi connectivity index (χ1) is 16.1. The van der Waals surface area contributed by atoms with Crippen LogP contribution in [0.15, 0.2) is 29.1 Å². The van der Waals surface area contributed by atoms with Crippen LogP contribution in [-0.4, -0.2) is 64.4 Å². The zero-order valence-electron chi connectivity index (χ0n) is 18.1. The molecule has 4 heterocycles. The zero-order chi connectivity index (χ0) is 22.8. The second-order valence-electron chi connectivity index (χ2n) is 8.50. The minimum atomic E-state index is -1.01. The molecule has 0 unspecified atom stereocenters. The van der Waals surface area contributed by atoms with E-state index in [-0.39, 0.29) is 17.6 Å². The molecule has 2 aliphatic heterocycles. The van der Waals surface area contributed by atoms with Gasteiger partial charge in [-0.2, -0.15) is 4.98 Å². The highest BCUT2D eigenvalue weighted by Crippen LogP contribution is 2.33. The fourth-order valence-corrected chi connectivity index (χ4v) is 5.48. The molecule has 0 radical (unpaired) electrons. The number of para-hydroxylation sites is 1. The standard InChI is InChI=1S/C22H27N7O3S/c30-19-17(20-26-15-5-1-2-6-16(15)33-20)18(24-14-4-3-9-23-12-14)27-21(28-19)29-10-7-13(8-11-29)25-22(31)32/h1-2,5-6,13-14,23,25H,3-4,7-12H2,(H,31,32)(H2,24,27,28,30)/t14-/m1/s1. The van der Waals surface area contributed by atoms with E-state index < -0.39 is 6.09 Å². The molecule has 3 aromatic rings. The molecule has 2 saturated heterocycles. The lowest BCUT2D eigenvalue weighted by molar-refractivity contribution is 0.187. The number of carbonyl (C=O) groups is 1. The molecule has 1 atom stereocenters. The van der Waals surface area contributed by atoms with Gasteiger partial charge in [-0.05, 0) is 44.4 Å². The van der Waals surface area contributed by atoms with Gasteiger partial charge in [0.2, 0.25) is 5.95 Å². The average molecular weight is 470 g/mol. The number of aromatic nitrogens is 3. The molecule has 33 heavy (non-hydrogen) atoms. The predicted octanol–water partition coefficient (Wildman–Crippen LogP) is 2.45. The lowest BCUT2D eigenvalue weighted by Gasteiger charge is -2.32. The summed E-state index contributed by atoms with van der Waals surface area (Å²) in [7, 11) is 0. The highest BCUT2D eigenvalue weighted by atomic mass is 32.1. The third-order valence-corrected chi connectivity index (χ3v) is 7.23. The quantitative estimate of drug-likeness (QED) is 0.385. The van der Waals surface area contributed by atoms with E-state index in [0.29, 0.717) is 48.3 Å². The van der Waals surface area contributed by atoms with Crippen LogP contribution in [-0.2, 0) is 0 Å². The topological polar surface area (TPSA) is 135 Å². The highest BCUT2D eigenvalue weighted by molar-refractivity contribution is 7.21. The number of anilines is 2. The van der Waals surface area contributed by atoms with E-state index in [1.165, 1.54) is 11.3 Å². The number of carboxylic acid groups (broad SMARTS) is 1. The summed E-state index contributed by atoms with van der Waals surface area (Å²) in [5.74, 6) is 1.05. The summed E-state index contributed by atoms with van der Waals surface area (Å²) < 4.78 is 1.02. The highest BCUT2D eigenvalue weighted by Gasteiger charge is 2.26. The number of fused-ring (bicyclic) bond motifs is 1. The molecule has 5 N–H and O–H groups in total. The largest absolute Gasteiger partial charge is 0.465 e. The van der Waals surface area contributed by atoms with Crippen LogP contribution >= 0.6 is 11.3 Å². The summed E-state index contributed by atoms with van der Waals surface area (Å²) in [4.78, 5) is 38.8. The lowest BCUT2D eigenvalue weighted by atomic mass is 10.1. The molecule has 2 fully saturated rings. The van der Waals surface area contributed by atoms with Gasteiger partial charge in [0, 0.05) is 31.7 Å². The minimum absolute atomic E-state index is 0.0848. The first kappa shape index (κ1) is 21.7. The van der Waals surface area contributed by atoms with Crippen LogP contribution in [0.4, 0.5) is 16.6 Å². The summed E-state index contributed by atoms with van der Waals surface area (Å²) in [6.07, 6.45) is 2.37. The Hall–Kier alpha value is -3.18. The van der Waals surface area contributed by atoms with Gasteiger partial charge in [-0.3, -0.25) is 9.78 Å². The van der Waals surface area contributed by atoms with Crippen LogP contribution in [0.2, 0.25) is 0 Å². The van der Waals surface area contributed by atoms with Gasteiger partial charge in [0.05, 0.1) is 10.2 Å². The number of nitrogens with one attached hydrogen (secondary N) is 4. The summed E-state index contributed by atoms with van der Waals surface area (Å²) in [6, 6.07) is 7.94. The summed E-state index contributed by atoms with van der Waals surface area (Å²) in [6.45, 7) is 3.03. The number of H-pyrrole nitrogens is 1. The molecule has 174 valence electrons. The fourth-order valence-electron chi connectivity index (χ4n) is 4.47. The summed E-state index contributed by atoms with van der Waals surface area (Å²) in [5.41, 5.74) is 1.10. The molecule has 1 aromatic carbocycles. The molecule has 10 nitrogen and oxygen atoms in total. The number of piperidine rings is 2. The van der Waals surface area contributed by atoms with Crippen molar-refractivity contribution in [2.45, 2.75) is 37.8 Å². The lowest BCUT2D eigenvalue weighted by Crippen LogP contribution is -2.45. The van der Waals surface area contributed by atoms with Gasteiger partial charge in [-0.15, -0.1) is 11.3 Å². The minimum Gasteiger partial charge on any atom is -0.465 e. The molecule has 0 spiro atoms. The van der Waals surface area contributed by atoms with Crippen molar-refractivity contribution < 1.29 is 9.90 Å². The van der Waals surface area contributed by atoms with Crippen LogP contribution < -0.4 is 26.4 Å². The molecule has 2 aromatic heterocycles.